The summed E-state index contributed by atoms with van der Waals surface area (Å²) in [6.45, 7) is 7.20. The van der Waals surface area contributed by atoms with Crippen LogP contribution in [-0.4, -0.2) is 34.9 Å². The Morgan fingerprint density at radius 2 is 1.85 bits per heavy atom. The van der Waals surface area contributed by atoms with Crippen LogP contribution in [0.15, 0.2) is 48.5 Å². The molecule has 0 radical (unpaired) electrons. The van der Waals surface area contributed by atoms with Crippen LogP contribution in [0, 0.1) is 13.8 Å². The molecular weight excluding hydrogens is 334 g/mol. The summed E-state index contributed by atoms with van der Waals surface area (Å²) < 4.78 is 0. The van der Waals surface area contributed by atoms with Crippen molar-refractivity contribution in [1.82, 2.24) is 15.2 Å². The highest BCUT2D eigenvalue weighted by Gasteiger charge is 2.22. The molecule has 3 aromatic rings. The number of H-pyrrole nitrogens is 1. The molecule has 0 spiro atoms. The van der Waals surface area contributed by atoms with Crippen LogP contribution in [0.1, 0.15) is 40.0 Å². The summed E-state index contributed by atoms with van der Waals surface area (Å²) >= 11 is 0. The molecule has 1 amide bonds. The SMILES string of the molecule is Cc1cc(C)c2cc(C(=O)NC3CCN(Cc4ccccc4)CC3)[nH]c2c1. The Kier molecular flexibility index (Phi) is 4.99. The Hall–Kier alpha value is -2.59. The van der Waals surface area contributed by atoms with Crippen LogP contribution >= 0.6 is 0 Å². The number of rotatable bonds is 4. The highest BCUT2D eigenvalue weighted by atomic mass is 16.1. The van der Waals surface area contributed by atoms with Crippen molar-refractivity contribution in [2.24, 2.45) is 0 Å². The van der Waals surface area contributed by atoms with Crippen molar-refractivity contribution >= 4 is 16.8 Å². The summed E-state index contributed by atoms with van der Waals surface area (Å²) in [5.41, 5.74) is 5.46. The molecule has 1 aliphatic rings. The van der Waals surface area contributed by atoms with Gasteiger partial charge in [0.05, 0.1) is 0 Å². The first-order valence-corrected chi connectivity index (χ1v) is 9.75. The van der Waals surface area contributed by atoms with Crippen LogP contribution in [0.25, 0.3) is 10.9 Å². The van der Waals surface area contributed by atoms with Crippen molar-refractivity contribution in [1.29, 1.82) is 0 Å². The number of amides is 1. The zero-order chi connectivity index (χ0) is 18.8. The first-order chi connectivity index (χ1) is 13.1. The molecular formula is C23H27N3O. The van der Waals surface area contributed by atoms with Crippen LogP contribution in [-0.2, 0) is 6.54 Å². The van der Waals surface area contributed by atoms with E-state index in [1.807, 2.05) is 6.07 Å². The minimum atomic E-state index is 0.00441. The van der Waals surface area contributed by atoms with E-state index in [0.29, 0.717) is 5.69 Å². The Morgan fingerprint density at radius 3 is 2.59 bits per heavy atom. The summed E-state index contributed by atoms with van der Waals surface area (Å²) in [5, 5.41) is 4.35. The molecule has 0 atom stereocenters. The van der Waals surface area contributed by atoms with E-state index in [4.69, 9.17) is 0 Å². The summed E-state index contributed by atoms with van der Waals surface area (Å²) in [6.07, 6.45) is 1.99. The maximum absolute atomic E-state index is 12.7. The van der Waals surface area contributed by atoms with E-state index >= 15 is 0 Å². The molecule has 4 nitrogen and oxygen atoms in total. The molecule has 0 bridgehead atoms. The Bertz CT molecular complexity index is 937. The lowest BCUT2D eigenvalue weighted by Gasteiger charge is -2.32. The monoisotopic (exact) mass is 361 g/mol. The maximum atomic E-state index is 12.7. The molecule has 2 aromatic carbocycles. The normalized spacial score (nSPS) is 15.9. The molecule has 4 rings (SSSR count). The number of aryl methyl sites for hydroxylation is 2. The van der Waals surface area contributed by atoms with Gasteiger partial charge < -0.3 is 10.3 Å². The maximum Gasteiger partial charge on any atom is 0.267 e. The zero-order valence-electron chi connectivity index (χ0n) is 16.1. The number of aromatic nitrogens is 1. The van der Waals surface area contributed by atoms with Gasteiger partial charge in [0, 0.05) is 36.6 Å². The summed E-state index contributed by atoms with van der Waals surface area (Å²) in [6, 6.07) is 17.1. The first kappa shape index (κ1) is 17.8. The molecule has 1 aliphatic heterocycles. The molecule has 0 saturated carbocycles. The zero-order valence-corrected chi connectivity index (χ0v) is 16.1. The van der Waals surface area contributed by atoms with Gasteiger partial charge in [-0.15, -0.1) is 0 Å². The standard InChI is InChI=1S/C23H27N3O/c1-16-12-17(2)20-14-22(25-21(20)13-16)23(27)24-19-8-10-26(11-9-19)15-18-6-4-3-5-7-18/h3-7,12-14,19,25H,8-11,15H2,1-2H3,(H,24,27). The minimum absolute atomic E-state index is 0.00441. The predicted octanol–water partition coefficient (Wildman–Crippen LogP) is 4.18. The third kappa shape index (κ3) is 4.06. The van der Waals surface area contributed by atoms with Gasteiger partial charge in [0.2, 0.25) is 0 Å². The van der Waals surface area contributed by atoms with Crippen LogP contribution < -0.4 is 5.32 Å². The van der Waals surface area contributed by atoms with Gasteiger partial charge in [-0.05, 0) is 55.5 Å². The summed E-state index contributed by atoms with van der Waals surface area (Å²) in [4.78, 5) is 18.4. The number of fused-ring (bicyclic) bond motifs is 1. The van der Waals surface area contributed by atoms with Gasteiger partial charge in [-0.2, -0.15) is 0 Å². The van der Waals surface area contributed by atoms with Crippen LogP contribution in [0.5, 0.6) is 0 Å². The Labute approximate surface area is 160 Å². The number of likely N-dealkylation sites (tertiary alicyclic amines) is 1. The summed E-state index contributed by atoms with van der Waals surface area (Å²) in [7, 11) is 0. The van der Waals surface area contributed by atoms with Gasteiger partial charge in [-0.1, -0.05) is 36.4 Å². The van der Waals surface area contributed by atoms with Gasteiger partial charge >= 0.3 is 0 Å². The second-order valence-electron chi connectivity index (χ2n) is 7.74. The molecule has 1 saturated heterocycles. The second-order valence-corrected chi connectivity index (χ2v) is 7.74. The third-order valence-electron chi connectivity index (χ3n) is 5.51. The molecule has 140 valence electrons. The lowest BCUT2D eigenvalue weighted by atomic mass is 10.0. The average molecular weight is 361 g/mol. The third-order valence-corrected chi connectivity index (χ3v) is 5.51. The van der Waals surface area contributed by atoms with Gasteiger partial charge in [0.1, 0.15) is 5.69 Å². The molecule has 0 unspecified atom stereocenters. The molecule has 2 N–H and O–H groups in total. The van der Waals surface area contributed by atoms with Gasteiger partial charge in [-0.25, -0.2) is 0 Å². The Morgan fingerprint density at radius 1 is 1.11 bits per heavy atom. The van der Waals surface area contributed by atoms with Crippen LogP contribution in [0.2, 0.25) is 0 Å². The molecule has 27 heavy (non-hydrogen) atoms. The average Bonchev–Trinajstić information content (AvgIpc) is 3.09. The Balaban J connectivity index is 1.35. The highest BCUT2D eigenvalue weighted by molar-refractivity contribution is 5.99. The fourth-order valence-corrected chi connectivity index (χ4v) is 4.06. The van der Waals surface area contributed by atoms with Crippen molar-refractivity contribution in [2.75, 3.05) is 13.1 Å². The number of hydrogen-bond acceptors (Lipinski definition) is 2. The minimum Gasteiger partial charge on any atom is -0.351 e. The number of carbonyl (C=O) groups excluding carboxylic acids is 1. The molecule has 1 aromatic heterocycles. The second kappa shape index (κ2) is 7.57. The predicted molar refractivity (Wildman–Crippen MR) is 110 cm³/mol. The summed E-state index contributed by atoms with van der Waals surface area (Å²) in [5.74, 6) is 0.00441. The van der Waals surface area contributed by atoms with Crippen molar-refractivity contribution < 1.29 is 4.79 Å². The van der Waals surface area contributed by atoms with Crippen molar-refractivity contribution in [2.45, 2.75) is 39.3 Å². The van der Waals surface area contributed by atoms with Crippen LogP contribution in [0.3, 0.4) is 0 Å². The van der Waals surface area contributed by atoms with E-state index in [9.17, 15) is 4.79 Å². The van der Waals surface area contributed by atoms with Crippen molar-refractivity contribution in [3.8, 4) is 0 Å². The van der Waals surface area contributed by atoms with E-state index in [1.165, 1.54) is 16.7 Å². The fourth-order valence-electron chi connectivity index (χ4n) is 4.06. The number of hydrogen-bond donors (Lipinski definition) is 2. The molecule has 0 aliphatic carbocycles. The number of nitrogens with zero attached hydrogens (tertiary/aromatic N) is 1. The molecule has 1 fully saturated rings. The van der Waals surface area contributed by atoms with Gasteiger partial charge in [0.25, 0.3) is 5.91 Å². The van der Waals surface area contributed by atoms with Gasteiger partial charge in [0.15, 0.2) is 0 Å². The van der Waals surface area contributed by atoms with E-state index in [1.54, 1.807) is 0 Å². The van der Waals surface area contributed by atoms with E-state index < -0.39 is 0 Å². The van der Waals surface area contributed by atoms with E-state index in [-0.39, 0.29) is 11.9 Å². The number of benzene rings is 2. The lowest BCUT2D eigenvalue weighted by Crippen LogP contribution is -2.44. The van der Waals surface area contributed by atoms with Gasteiger partial charge in [-0.3, -0.25) is 9.69 Å². The smallest absolute Gasteiger partial charge is 0.267 e. The molecule has 4 heteroatoms. The number of carbonyl (C=O) groups is 1. The quantitative estimate of drug-likeness (QED) is 0.732. The highest BCUT2D eigenvalue weighted by Crippen LogP contribution is 2.22. The largest absolute Gasteiger partial charge is 0.351 e. The van der Waals surface area contributed by atoms with Crippen molar-refractivity contribution in [3.05, 3.63) is 70.9 Å². The molecule has 2 heterocycles. The van der Waals surface area contributed by atoms with Crippen LogP contribution in [0.4, 0.5) is 0 Å². The van der Waals surface area contributed by atoms with Crippen molar-refractivity contribution in [3.63, 3.8) is 0 Å². The fraction of sp³-hybridized carbons (Fsp3) is 0.348. The first-order valence-electron chi connectivity index (χ1n) is 9.75. The van der Waals surface area contributed by atoms with E-state index in [2.05, 4.69) is 71.5 Å². The topological polar surface area (TPSA) is 48.1 Å². The lowest BCUT2D eigenvalue weighted by molar-refractivity contribution is 0.0904. The van der Waals surface area contributed by atoms with E-state index in [0.717, 1.165) is 43.4 Å². The number of aromatic amines is 1. The number of piperidine rings is 1. The number of nitrogens with one attached hydrogen (secondary N) is 2.